The Morgan fingerprint density at radius 1 is 1.12 bits per heavy atom. The average Bonchev–Trinajstić information content (AvgIpc) is 3.75. The molecule has 0 unspecified atom stereocenters. The van der Waals surface area contributed by atoms with Crippen molar-refractivity contribution in [3.05, 3.63) is 90.5 Å². The highest BCUT2D eigenvalue weighted by Crippen LogP contribution is 2.59. The zero-order valence-corrected chi connectivity index (χ0v) is 29.8. The van der Waals surface area contributed by atoms with E-state index >= 15 is 0 Å². The summed E-state index contributed by atoms with van der Waals surface area (Å²) in [6.07, 6.45) is 3.72. The van der Waals surface area contributed by atoms with Crippen LogP contribution in [0.1, 0.15) is 64.5 Å². The van der Waals surface area contributed by atoms with Crippen molar-refractivity contribution < 1.29 is 33.8 Å². The van der Waals surface area contributed by atoms with Crippen molar-refractivity contribution in [3.63, 3.8) is 0 Å². The van der Waals surface area contributed by atoms with E-state index in [1.54, 1.807) is 43.3 Å². The van der Waals surface area contributed by atoms with Gasteiger partial charge in [-0.3, -0.25) is 19.2 Å². The number of likely N-dealkylation sites (tertiary alicyclic amines) is 1. The number of nitrogens with zero attached hydrogens (tertiary/aromatic N) is 2. The van der Waals surface area contributed by atoms with Crippen LogP contribution in [0.3, 0.4) is 0 Å². The number of rotatable bonds is 16. The first kappa shape index (κ1) is 37.3. The van der Waals surface area contributed by atoms with Gasteiger partial charge in [0.15, 0.2) is 0 Å². The Morgan fingerprint density at radius 3 is 2.46 bits per heavy atom. The standard InChI is InChI=1S/C39H48ClN3O7/c1-6-8-18-31(45)41-25(5)34(26-14-10-9-11-15-26)49-38(48)32-30-19-20-39(50-30)33(32)36(46)43(27(23-44)22-24(3)4)35(39)37(47)42(21-7-2)29-17-13-12-16-28(29)40/h6-7,9-17,24-25,27,30,32-35,44H,1-2,8,18-23H2,3-5H3,(H,41,45)/t25-,27+,30+,32-,33-,34-,35+,39-/m0/s1. The largest absolute Gasteiger partial charge is 0.455 e. The molecule has 0 aromatic heterocycles. The molecule has 0 radical (unpaired) electrons. The highest BCUT2D eigenvalue weighted by molar-refractivity contribution is 6.34. The van der Waals surface area contributed by atoms with Crippen LogP contribution < -0.4 is 10.2 Å². The molecule has 2 aromatic rings. The minimum Gasteiger partial charge on any atom is -0.455 e. The smallest absolute Gasteiger partial charge is 0.313 e. The van der Waals surface area contributed by atoms with Crippen LogP contribution in [0, 0.1) is 17.8 Å². The van der Waals surface area contributed by atoms with Gasteiger partial charge in [0.2, 0.25) is 11.8 Å². The lowest BCUT2D eigenvalue weighted by Gasteiger charge is -2.39. The first-order valence-corrected chi connectivity index (χ1v) is 17.8. The quantitative estimate of drug-likeness (QED) is 0.177. The number of benzene rings is 2. The van der Waals surface area contributed by atoms with Gasteiger partial charge >= 0.3 is 5.97 Å². The van der Waals surface area contributed by atoms with Crippen molar-refractivity contribution in [2.45, 2.75) is 88.8 Å². The van der Waals surface area contributed by atoms with E-state index in [9.17, 15) is 24.3 Å². The molecule has 2 aromatic carbocycles. The Labute approximate surface area is 299 Å². The molecule has 0 aliphatic carbocycles. The van der Waals surface area contributed by atoms with Crippen molar-refractivity contribution in [2.75, 3.05) is 18.1 Å². The molecule has 3 fully saturated rings. The van der Waals surface area contributed by atoms with Crippen molar-refractivity contribution >= 4 is 41.0 Å². The number of ether oxygens (including phenoxy) is 2. The summed E-state index contributed by atoms with van der Waals surface area (Å²) in [5.41, 5.74) is -0.199. The highest BCUT2D eigenvalue weighted by Gasteiger charge is 2.75. The molecule has 268 valence electrons. The molecule has 1 spiro atoms. The second-order valence-electron chi connectivity index (χ2n) is 13.9. The number of fused-ring (bicyclic) bond motifs is 1. The van der Waals surface area contributed by atoms with Crippen LogP contribution in [-0.2, 0) is 28.7 Å². The highest BCUT2D eigenvalue weighted by atomic mass is 35.5. The van der Waals surface area contributed by atoms with Crippen LogP contribution >= 0.6 is 11.6 Å². The fourth-order valence-electron chi connectivity index (χ4n) is 8.05. The van der Waals surface area contributed by atoms with E-state index in [1.807, 2.05) is 44.2 Å². The van der Waals surface area contributed by atoms with Crippen LogP contribution in [0.2, 0.25) is 5.02 Å². The normalized spacial score (nSPS) is 25.5. The molecule has 3 amide bonds. The molecule has 50 heavy (non-hydrogen) atoms. The van der Waals surface area contributed by atoms with Crippen molar-refractivity contribution in [1.82, 2.24) is 10.2 Å². The molecular weight excluding hydrogens is 658 g/mol. The lowest BCUT2D eigenvalue weighted by Crippen LogP contribution is -2.59. The van der Waals surface area contributed by atoms with Crippen LogP contribution in [0.15, 0.2) is 79.9 Å². The molecular formula is C39H48ClN3O7. The van der Waals surface area contributed by atoms with Gasteiger partial charge in [0.05, 0.1) is 47.3 Å². The summed E-state index contributed by atoms with van der Waals surface area (Å²) < 4.78 is 12.9. The van der Waals surface area contributed by atoms with E-state index in [0.717, 1.165) is 0 Å². The molecule has 5 rings (SSSR count). The molecule has 10 nitrogen and oxygen atoms in total. The fraction of sp³-hybridized carbons (Fsp3) is 0.487. The minimum absolute atomic E-state index is 0.0919. The molecule has 3 saturated heterocycles. The van der Waals surface area contributed by atoms with Crippen LogP contribution in [0.25, 0.3) is 0 Å². The maximum atomic E-state index is 14.9. The van der Waals surface area contributed by atoms with E-state index < -0.39 is 65.6 Å². The summed E-state index contributed by atoms with van der Waals surface area (Å²) in [5.74, 6) is -3.62. The molecule has 0 saturated carbocycles. The molecule has 3 aliphatic rings. The number of carbonyl (C=O) groups excluding carboxylic acids is 4. The van der Waals surface area contributed by atoms with Crippen molar-refractivity contribution in [1.29, 1.82) is 0 Å². The first-order chi connectivity index (χ1) is 24.0. The molecule has 3 aliphatic heterocycles. The van der Waals surface area contributed by atoms with Gasteiger partial charge in [-0.2, -0.15) is 0 Å². The predicted octanol–water partition coefficient (Wildman–Crippen LogP) is 5.40. The number of esters is 1. The van der Waals surface area contributed by atoms with Crippen LogP contribution in [0.4, 0.5) is 5.69 Å². The summed E-state index contributed by atoms with van der Waals surface area (Å²) in [4.78, 5) is 59.7. The van der Waals surface area contributed by atoms with Gasteiger partial charge in [0.25, 0.3) is 5.91 Å². The van der Waals surface area contributed by atoms with Crippen LogP contribution in [-0.4, -0.2) is 76.7 Å². The maximum absolute atomic E-state index is 14.9. The Hall–Kier alpha value is -3.99. The van der Waals surface area contributed by atoms with Gasteiger partial charge in [0.1, 0.15) is 17.7 Å². The fourth-order valence-corrected chi connectivity index (χ4v) is 8.28. The Bertz CT molecular complexity index is 1580. The number of halogens is 1. The summed E-state index contributed by atoms with van der Waals surface area (Å²) in [6, 6.07) is 13.7. The molecule has 2 N–H and O–H groups in total. The van der Waals surface area contributed by atoms with Crippen molar-refractivity contribution in [3.8, 4) is 0 Å². The topological polar surface area (TPSA) is 125 Å². The van der Waals surface area contributed by atoms with E-state index in [1.165, 1.54) is 9.80 Å². The first-order valence-electron chi connectivity index (χ1n) is 17.4. The van der Waals surface area contributed by atoms with Gasteiger partial charge in [-0.15, -0.1) is 13.2 Å². The molecule has 8 atom stereocenters. The number of allylic oxidation sites excluding steroid dienone is 1. The number of amides is 3. The lowest BCUT2D eigenvalue weighted by molar-refractivity contribution is -0.162. The SMILES string of the molecule is C=CCCC(=O)N[C@@H](C)[C@H](OC(=O)[C@@H]1[C@H]2C(=O)N([C@@H](CO)CC(C)C)[C@H](C(=O)N(CC=C)c3ccccc3Cl)[C@]23CC[C@H]1O3)c1ccccc1. The third-order valence-corrected chi connectivity index (χ3v) is 10.4. The van der Waals surface area contributed by atoms with Gasteiger partial charge in [-0.25, -0.2) is 0 Å². The number of nitrogens with one attached hydrogen (secondary N) is 1. The van der Waals surface area contributed by atoms with Gasteiger partial charge in [-0.05, 0) is 56.2 Å². The molecule has 11 heteroatoms. The van der Waals surface area contributed by atoms with Gasteiger partial charge in [-0.1, -0.05) is 80.1 Å². The minimum atomic E-state index is -1.33. The van der Waals surface area contributed by atoms with Crippen molar-refractivity contribution in [2.24, 2.45) is 17.8 Å². The number of aliphatic hydroxyl groups excluding tert-OH is 1. The van der Waals surface area contributed by atoms with Crippen LogP contribution in [0.5, 0.6) is 0 Å². The monoisotopic (exact) mass is 705 g/mol. The third kappa shape index (κ3) is 7.11. The third-order valence-electron chi connectivity index (χ3n) is 10.1. The van der Waals surface area contributed by atoms with E-state index in [4.69, 9.17) is 21.1 Å². The second kappa shape index (κ2) is 15.9. The number of aliphatic hydroxyl groups is 1. The van der Waals surface area contributed by atoms with E-state index in [2.05, 4.69) is 18.5 Å². The van der Waals surface area contributed by atoms with Gasteiger partial charge in [0, 0.05) is 13.0 Å². The Kier molecular flexibility index (Phi) is 11.9. The van der Waals surface area contributed by atoms with E-state index in [-0.39, 0.29) is 31.4 Å². The second-order valence-corrected chi connectivity index (χ2v) is 14.3. The van der Waals surface area contributed by atoms with E-state index in [0.29, 0.717) is 42.0 Å². The molecule has 3 heterocycles. The maximum Gasteiger partial charge on any atom is 0.313 e. The Morgan fingerprint density at radius 2 is 1.82 bits per heavy atom. The summed E-state index contributed by atoms with van der Waals surface area (Å²) >= 11 is 6.59. The number of carbonyl (C=O) groups is 4. The molecule has 2 bridgehead atoms. The predicted molar refractivity (Wildman–Crippen MR) is 191 cm³/mol. The number of hydrogen-bond acceptors (Lipinski definition) is 7. The zero-order valence-electron chi connectivity index (χ0n) is 29.0. The summed E-state index contributed by atoms with van der Waals surface area (Å²) in [7, 11) is 0. The van der Waals surface area contributed by atoms with Gasteiger partial charge < -0.3 is 29.7 Å². The summed E-state index contributed by atoms with van der Waals surface area (Å²) in [5, 5.41) is 14.0. The average molecular weight is 706 g/mol. The lowest BCUT2D eigenvalue weighted by atomic mass is 9.70. The Balaban J connectivity index is 1.53. The summed E-state index contributed by atoms with van der Waals surface area (Å²) in [6.45, 7) is 13.0. The number of para-hydroxylation sites is 1. The number of hydrogen-bond donors (Lipinski definition) is 2. The zero-order chi connectivity index (χ0) is 36.2. The number of anilines is 1.